The fraction of sp³-hybridized carbons (Fsp3) is 0.133. The highest BCUT2D eigenvalue weighted by molar-refractivity contribution is 5.63. The van der Waals surface area contributed by atoms with Crippen LogP contribution in [0.25, 0.3) is 16.9 Å². The number of hydrogen-bond donors (Lipinski definition) is 0. The Hall–Kier alpha value is -1.81. The van der Waals surface area contributed by atoms with Crippen molar-refractivity contribution in [3.63, 3.8) is 0 Å². The van der Waals surface area contributed by atoms with Crippen molar-refractivity contribution in [3.8, 4) is 17.0 Å². The Bertz CT molecular complexity index is 689. The Kier molecular flexibility index (Phi) is 3.90. The Morgan fingerprint density at radius 1 is 1.11 bits per heavy atom. The average molecular weight is 318 g/mol. The maximum atomic E-state index is 5.15. The molecule has 0 saturated carbocycles. The predicted octanol–water partition coefficient (Wildman–Crippen LogP) is 0.322. The van der Waals surface area contributed by atoms with Crippen LogP contribution in [-0.4, -0.2) is 16.5 Å². The summed E-state index contributed by atoms with van der Waals surface area (Å²) in [4.78, 5) is 4.62. The van der Waals surface area contributed by atoms with Crippen molar-refractivity contribution in [3.05, 3.63) is 54.4 Å². The number of ether oxygens (including phenoxy) is 1. The van der Waals surface area contributed by atoms with Crippen molar-refractivity contribution in [2.24, 2.45) is 0 Å². The van der Waals surface area contributed by atoms with Gasteiger partial charge in [-0.1, -0.05) is 0 Å². The fourth-order valence-corrected chi connectivity index (χ4v) is 1.98. The molecule has 4 heteroatoms. The molecule has 0 aliphatic carbocycles. The van der Waals surface area contributed by atoms with Gasteiger partial charge in [0, 0.05) is 18.0 Å². The Labute approximate surface area is 122 Å². The molecule has 3 aromatic rings. The van der Waals surface area contributed by atoms with Gasteiger partial charge in [0.2, 0.25) is 0 Å². The van der Waals surface area contributed by atoms with Crippen molar-refractivity contribution in [2.45, 2.75) is 6.92 Å². The monoisotopic (exact) mass is 317 g/mol. The lowest BCUT2D eigenvalue weighted by molar-refractivity contribution is -0.00000408. The zero-order chi connectivity index (χ0) is 12.5. The number of imidazole rings is 1. The number of methoxy groups -OCH3 is 1. The van der Waals surface area contributed by atoms with E-state index in [-0.39, 0.29) is 17.0 Å². The summed E-state index contributed by atoms with van der Waals surface area (Å²) in [6.07, 6.45) is 4.07. The van der Waals surface area contributed by atoms with Gasteiger partial charge in [-0.15, -0.1) is 0 Å². The molecule has 0 radical (unpaired) electrons. The second kappa shape index (κ2) is 5.45. The molecule has 0 saturated heterocycles. The number of nitrogens with zero attached hydrogens (tertiary/aromatic N) is 2. The molecule has 0 bridgehead atoms. The summed E-state index contributed by atoms with van der Waals surface area (Å²) < 4.78 is 7.19. The van der Waals surface area contributed by atoms with Gasteiger partial charge < -0.3 is 26.1 Å². The quantitative estimate of drug-likeness (QED) is 0.680. The number of aryl methyl sites for hydroxylation is 1. The number of rotatable bonds is 2. The smallest absolute Gasteiger partial charge is 0.137 e. The first-order chi connectivity index (χ1) is 8.76. The average Bonchev–Trinajstić information content (AvgIpc) is 2.81. The number of halogens is 1. The van der Waals surface area contributed by atoms with Crippen molar-refractivity contribution in [2.75, 3.05) is 7.11 Å². The van der Waals surface area contributed by atoms with Gasteiger partial charge in [-0.25, -0.2) is 4.98 Å². The molecule has 0 spiro atoms. The summed E-state index contributed by atoms with van der Waals surface area (Å²) in [6, 6.07) is 12.1. The predicted molar refractivity (Wildman–Crippen MR) is 71.9 cm³/mol. The van der Waals surface area contributed by atoms with Crippen LogP contribution in [-0.2, 0) is 0 Å². The van der Waals surface area contributed by atoms with E-state index < -0.39 is 0 Å². The lowest BCUT2D eigenvalue weighted by atomic mass is 10.2. The van der Waals surface area contributed by atoms with Crippen LogP contribution in [0.3, 0.4) is 0 Å². The van der Waals surface area contributed by atoms with Crippen LogP contribution in [0.1, 0.15) is 5.56 Å². The number of fused-ring (bicyclic) bond motifs is 1. The van der Waals surface area contributed by atoms with Crippen LogP contribution in [0.4, 0.5) is 0 Å². The van der Waals surface area contributed by atoms with Crippen LogP contribution >= 0.6 is 0 Å². The topological polar surface area (TPSA) is 26.5 Å². The van der Waals surface area contributed by atoms with Gasteiger partial charge in [-0.05, 0) is 48.9 Å². The van der Waals surface area contributed by atoms with Gasteiger partial charge in [0.05, 0.1) is 12.8 Å². The maximum Gasteiger partial charge on any atom is 0.137 e. The van der Waals surface area contributed by atoms with Gasteiger partial charge in [-0.2, -0.15) is 0 Å². The molecule has 0 unspecified atom stereocenters. The molecule has 0 N–H and O–H groups in total. The number of pyridine rings is 1. The minimum atomic E-state index is 0. The van der Waals surface area contributed by atoms with Crippen molar-refractivity contribution in [1.82, 2.24) is 9.38 Å². The molecular weight excluding hydrogens is 304 g/mol. The van der Waals surface area contributed by atoms with Gasteiger partial charge in [0.1, 0.15) is 11.4 Å². The first kappa shape index (κ1) is 13.6. The van der Waals surface area contributed by atoms with E-state index in [1.54, 1.807) is 7.11 Å². The largest absolute Gasteiger partial charge is 1.00 e. The molecular formula is C15H14BrN2O-. The first-order valence-corrected chi connectivity index (χ1v) is 5.86. The molecule has 2 aromatic heterocycles. The zero-order valence-electron chi connectivity index (χ0n) is 10.8. The van der Waals surface area contributed by atoms with Gasteiger partial charge in [0.15, 0.2) is 0 Å². The Morgan fingerprint density at radius 2 is 1.84 bits per heavy atom. The van der Waals surface area contributed by atoms with Crippen LogP contribution in [0.2, 0.25) is 0 Å². The molecule has 0 fully saturated rings. The van der Waals surface area contributed by atoms with E-state index in [2.05, 4.69) is 24.0 Å². The van der Waals surface area contributed by atoms with Crippen molar-refractivity contribution in [1.29, 1.82) is 0 Å². The molecule has 0 atom stereocenters. The second-order valence-electron chi connectivity index (χ2n) is 4.32. The highest BCUT2D eigenvalue weighted by Gasteiger charge is 2.04. The van der Waals surface area contributed by atoms with E-state index in [1.807, 2.05) is 41.1 Å². The summed E-state index contributed by atoms with van der Waals surface area (Å²) in [5, 5.41) is 0. The van der Waals surface area contributed by atoms with E-state index in [4.69, 9.17) is 4.74 Å². The third kappa shape index (κ3) is 2.63. The maximum absolute atomic E-state index is 5.15. The summed E-state index contributed by atoms with van der Waals surface area (Å²) in [5.74, 6) is 0.860. The zero-order valence-corrected chi connectivity index (χ0v) is 12.4. The van der Waals surface area contributed by atoms with Gasteiger partial charge in [0.25, 0.3) is 0 Å². The molecule has 0 amide bonds. The Morgan fingerprint density at radius 3 is 2.53 bits per heavy atom. The summed E-state index contributed by atoms with van der Waals surface area (Å²) in [5.41, 5.74) is 4.26. The molecule has 0 aliphatic heterocycles. The second-order valence-corrected chi connectivity index (χ2v) is 4.32. The van der Waals surface area contributed by atoms with Gasteiger partial charge in [-0.3, -0.25) is 0 Å². The summed E-state index contributed by atoms with van der Waals surface area (Å²) in [6.45, 7) is 2.07. The summed E-state index contributed by atoms with van der Waals surface area (Å²) >= 11 is 0. The lowest BCUT2D eigenvalue weighted by Gasteiger charge is -1.99. The van der Waals surface area contributed by atoms with E-state index in [0.29, 0.717) is 0 Å². The third-order valence-electron chi connectivity index (χ3n) is 3.00. The first-order valence-electron chi connectivity index (χ1n) is 5.86. The number of benzene rings is 1. The molecule has 98 valence electrons. The van der Waals surface area contributed by atoms with E-state index in [9.17, 15) is 0 Å². The molecule has 19 heavy (non-hydrogen) atoms. The van der Waals surface area contributed by atoms with Crippen molar-refractivity contribution >= 4 is 5.65 Å². The normalized spacial score (nSPS) is 10.2. The SMILES string of the molecule is COc1ccc(-c2cn3ccc(C)cc3n2)cc1.[Br-]. The molecule has 3 nitrogen and oxygen atoms in total. The number of hydrogen-bond acceptors (Lipinski definition) is 2. The van der Waals surface area contributed by atoms with Gasteiger partial charge >= 0.3 is 0 Å². The van der Waals surface area contributed by atoms with E-state index in [1.165, 1.54) is 5.56 Å². The third-order valence-corrected chi connectivity index (χ3v) is 3.00. The molecule has 3 rings (SSSR count). The number of aromatic nitrogens is 2. The summed E-state index contributed by atoms with van der Waals surface area (Å²) in [7, 11) is 1.67. The standard InChI is InChI=1S/C15H14N2O.BrH/c1-11-7-8-17-10-14(16-15(17)9-11)12-3-5-13(18-2)6-4-12;/h3-10H,1-2H3;1H/p-1. The van der Waals surface area contributed by atoms with E-state index in [0.717, 1.165) is 22.7 Å². The highest BCUT2D eigenvalue weighted by atomic mass is 79.9. The highest BCUT2D eigenvalue weighted by Crippen LogP contribution is 2.22. The minimum Gasteiger partial charge on any atom is -1.00 e. The van der Waals surface area contributed by atoms with Crippen LogP contribution in [0.15, 0.2) is 48.8 Å². The fourth-order valence-electron chi connectivity index (χ4n) is 1.98. The lowest BCUT2D eigenvalue weighted by Crippen LogP contribution is -3.00. The van der Waals surface area contributed by atoms with E-state index >= 15 is 0 Å². The van der Waals surface area contributed by atoms with Crippen LogP contribution in [0, 0.1) is 6.92 Å². The van der Waals surface area contributed by atoms with Crippen LogP contribution < -0.4 is 21.7 Å². The molecule has 2 heterocycles. The Balaban J connectivity index is 0.00000133. The van der Waals surface area contributed by atoms with Crippen molar-refractivity contribution < 1.29 is 21.7 Å². The molecule has 0 aliphatic rings. The minimum absolute atomic E-state index is 0. The van der Waals surface area contributed by atoms with Crippen LogP contribution in [0.5, 0.6) is 5.75 Å². The molecule has 1 aromatic carbocycles.